The Morgan fingerprint density at radius 2 is 2.06 bits per heavy atom. The Hall–Kier alpha value is -2.72. The molecule has 4 rings (SSSR count). The molecule has 0 bridgehead atoms. The van der Waals surface area contributed by atoms with Crippen LogP contribution >= 0.6 is 0 Å². The Kier molecular flexibility index (Phi) is 6.61. The second-order valence-corrected chi connectivity index (χ2v) is 10.2. The molecule has 1 aliphatic rings. The van der Waals surface area contributed by atoms with Crippen LogP contribution in [0.1, 0.15) is 44.9 Å². The molecular formula is C22H29N5O4S. The minimum Gasteiger partial charge on any atom is -0.469 e. The van der Waals surface area contributed by atoms with Crippen molar-refractivity contribution >= 4 is 27.0 Å². The lowest BCUT2D eigenvalue weighted by atomic mass is 9.97. The van der Waals surface area contributed by atoms with Gasteiger partial charge in [0.1, 0.15) is 11.3 Å². The van der Waals surface area contributed by atoms with E-state index in [0.717, 1.165) is 17.7 Å². The van der Waals surface area contributed by atoms with Gasteiger partial charge >= 0.3 is 0 Å². The average Bonchev–Trinajstić information content (AvgIpc) is 3.48. The first kappa shape index (κ1) is 22.5. The molecule has 0 radical (unpaired) electrons. The van der Waals surface area contributed by atoms with E-state index >= 15 is 0 Å². The fourth-order valence-corrected chi connectivity index (χ4v) is 5.49. The Bertz CT molecular complexity index is 1160. The van der Waals surface area contributed by atoms with Crippen LogP contribution < -0.4 is 5.32 Å². The van der Waals surface area contributed by atoms with Gasteiger partial charge in [-0.25, -0.2) is 13.1 Å². The van der Waals surface area contributed by atoms with Gasteiger partial charge in [-0.15, -0.1) is 5.10 Å². The number of furan rings is 1. The summed E-state index contributed by atoms with van der Waals surface area (Å²) in [5.74, 6) is 0.611. The van der Waals surface area contributed by atoms with Gasteiger partial charge < -0.3 is 9.73 Å². The van der Waals surface area contributed by atoms with Crippen LogP contribution in [0.2, 0.25) is 0 Å². The SMILES string of the molecule is CC[C@H](C)n1nnc2cc(S(=O)(=O)N3CCC(C(=O)NCCc4ccco4)CC3)ccc21. The highest BCUT2D eigenvalue weighted by atomic mass is 32.2. The number of carbonyl (C=O) groups is 1. The van der Waals surface area contributed by atoms with Crippen molar-refractivity contribution in [2.24, 2.45) is 5.92 Å². The molecule has 9 nitrogen and oxygen atoms in total. The van der Waals surface area contributed by atoms with E-state index in [0.29, 0.717) is 44.4 Å². The van der Waals surface area contributed by atoms with Crippen LogP contribution in [0.3, 0.4) is 0 Å². The molecule has 3 aromatic rings. The Labute approximate surface area is 187 Å². The average molecular weight is 460 g/mol. The molecular weight excluding hydrogens is 430 g/mol. The van der Waals surface area contributed by atoms with Crippen molar-refractivity contribution in [1.82, 2.24) is 24.6 Å². The largest absolute Gasteiger partial charge is 0.469 e. The number of rotatable bonds is 8. The second-order valence-electron chi connectivity index (χ2n) is 8.24. The molecule has 1 fully saturated rings. The molecule has 1 saturated heterocycles. The number of carbonyl (C=O) groups excluding carboxylic acids is 1. The molecule has 0 aliphatic carbocycles. The number of nitrogens with one attached hydrogen (secondary N) is 1. The van der Waals surface area contributed by atoms with E-state index in [9.17, 15) is 13.2 Å². The predicted octanol–water partition coefficient (Wildman–Crippen LogP) is 2.75. The van der Waals surface area contributed by atoms with Crippen LogP contribution in [0.4, 0.5) is 0 Å². The van der Waals surface area contributed by atoms with E-state index in [2.05, 4.69) is 29.5 Å². The Morgan fingerprint density at radius 1 is 1.28 bits per heavy atom. The lowest BCUT2D eigenvalue weighted by Gasteiger charge is -2.30. The third kappa shape index (κ3) is 4.56. The van der Waals surface area contributed by atoms with Crippen molar-refractivity contribution in [1.29, 1.82) is 0 Å². The highest BCUT2D eigenvalue weighted by Gasteiger charge is 2.32. The molecule has 1 aromatic carbocycles. The zero-order valence-corrected chi connectivity index (χ0v) is 19.2. The van der Waals surface area contributed by atoms with Crippen LogP contribution in [-0.4, -0.2) is 53.3 Å². The smallest absolute Gasteiger partial charge is 0.243 e. The fourth-order valence-electron chi connectivity index (χ4n) is 4.00. The first-order chi connectivity index (χ1) is 15.4. The number of hydrogen-bond acceptors (Lipinski definition) is 6. The van der Waals surface area contributed by atoms with Gasteiger partial charge in [-0.3, -0.25) is 4.79 Å². The number of hydrogen-bond donors (Lipinski definition) is 1. The van der Waals surface area contributed by atoms with Gasteiger partial charge in [0, 0.05) is 32.0 Å². The third-order valence-electron chi connectivity index (χ3n) is 6.16. The van der Waals surface area contributed by atoms with Crippen molar-refractivity contribution < 1.29 is 17.6 Å². The summed E-state index contributed by atoms with van der Waals surface area (Å²) in [5, 5.41) is 11.3. The number of benzene rings is 1. The number of fused-ring (bicyclic) bond motifs is 1. The molecule has 2 aromatic heterocycles. The van der Waals surface area contributed by atoms with E-state index < -0.39 is 10.0 Å². The van der Waals surface area contributed by atoms with Gasteiger partial charge in [0.25, 0.3) is 0 Å². The number of piperidine rings is 1. The van der Waals surface area contributed by atoms with E-state index in [1.54, 1.807) is 24.5 Å². The van der Waals surface area contributed by atoms with Gasteiger partial charge in [-0.1, -0.05) is 12.1 Å². The monoisotopic (exact) mass is 459 g/mol. The topological polar surface area (TPSA) is 110 Å². The molecule has 0 spiro atoms. The molecule has 1 amide bonds. The minimum atomic E-state index is -3.65. The van der Waals surface area contributed by atoms with Crippen molar-refractivity contribution in [3.8, 4) is 0 Å². The number of sulfonamides is 1. The number of nitrogens with zero attached hydrogens (tertiary/aromatic N) is 4. The molecule has 10 heteroatoms. The van der Waals surface area contributed by atoms with Crippen molar-refractivity contribution in [3.05, 3.63) is 42.4 Å². The molecule has 1 atom stereocenters. The Morgan fingerprint density at radius 3 is 2.75 bits per heavy atom. The first-order valence-corrected chi connectivity index (χ1v) is 12.5. The summed E-state index contributed by atoms with van der Waals surface area (Å²) in [7, 11) is -3.65. The molecule has 1 aliphatic heterocycles. The van der Waals surface area contributed by atoms with Crippen molar-refractivity contribution in [2.45, 2.75) is 50.5 Å². The van der Waals surface area contributed by atoms with Crippen LogP contribution in [0.5, 0.6) is 0 Å². The van der Waals surface area contributed by atoms with Gasteiger partial charge in [0.05, 0.1) is 22.7 Å². The molecule has 0 saturated carbocycles. The first-order valence-electron chi connectivity index (χ1n) is 11.1. The lowest BCUT2D eigenvalue weighted by Crippen LogP contribution is -2.43. The summed E-state index contributed by atoms with van der Waals surface area (Å²) in [6.45, 7) is 5.25. The van der Waals surface area contributed by atoms with Crippen LogP contribution in [0.15, 0.2) is 45.9 Å². The zero-order chi connectivity index (χ0) is 22.7. The van der Waals surface area contributed by atoms with Crippen molar-refractivity contribution in [2.75, 3.05) is 19.6 Å². The summed E-state index contributed by atoms with van der Waals surface area (Å²) >= 11 is 0. The lowest BCUT2D eigenvalue weighted by molar-refractivity contribution is -0.126. The summed E-state index contributed by atoms with van der Waals surface area (Å²) in [6.07, 6.45) is 4.15. The maximum absolute atomic E-state index is 13.2. The Balaban J connectivity index is 1.36. The highest BCUT2D eigenvalue weighted by Crippen LogP contribution is 2.26. The molecule has 1 N–H and O–H groups in total. The second kappa shape index (κ2) is 9.41. The van der Waals surface area contributed by atoms with Crippen LogP contribution in [0, 0.1) is 5.92 Å². The number of amides is 1. The number of aromatic nitrogens is 3. The molecule has 0 unspecified atom stereocenters. The third-order valence-corrected chi connectivity index (χ3v) is 8.06. The van der Waals surface area contributed by atoms with E-state index in [-0.39, 0.29) is 22.8 Å². The van der Waals surface area contributed by atoms with Crippen LogP contribution in [-0.2, 0) is 21.2 Å². The summed E-state index contributed by atoms with van der Waals surface area (Å²) in [4.78, 5) is 12.7. The van der Waals surface area contributed by atoms with Gasteiger partial charge in [-0.05, 0) is 56.5 Å². The van der Waals surface area contributed by atoms with Gasteiger partial charge in [0.2, 0.25) is 15.9 Å². The fraction of sp³-hybridized carbons (Fsp3) is 0.500. The van der Waals surface area contributed by atoms with Crippen molar-refractivity contribution in [3.63, 3.8) is 0 Å². The highest BCUT2D eigenvalue weighted by molar-refractivity contribution is 7.89. The predicted molar refractivity (Wildman–Crippen MR) is 119 cm³/mol. The summed E-state index contributed by atoms with van der Waals surface area (Å²) in [5.41, 5.74) is 1.39. The van der Waals surface area contributed by atoms with E-state index in [4.69, 9.17) is 4.42 Å². The van der Waals surface area contributed by atoms with E-state index in [1.807, 2.05) is 16.8 Å². The normalized spacial score (nSPS) is 16.9. The minimum absolute atomic E-state index is 0.0309. The van der Waals surface area contributed by atoms with Gasteiger partial charge in [-0.2, -0.15) is 4.31 Å². The zero-order valence-electron chi connectivity index (χ0n) is 18.4. The maximum atomic E-state index is 13.2. The van der Waals surface area contributed by atoms with Gasteiger partial charge in [0.15, 0.2) is 0 Å². The quantitative estimate of drug-likeness (QED) is 0.555. The maximum Gasteiger partial charge on any atom is 0.243 e. The summed E-state index contributed by atoms with van der Waals surface area (Å²) in [6, 6.07) is 8.85. The molecule has 32 heavy (non-hydrogen) atoms. The van der Waals surface area contributed by atoms with Crippen LogP contribution in [0.25, 0.3) is 11.0 Å². The standard InChI is InChI=1S/C22H29N5O4S/c1-3-16(2)27-21-7-6-19(15-20(21)24-25-27)32(29,30)26-12-9-17(10-13-26)22(28)23-11-8-18-5-4-14-31-18/h4-7,14-17H,3,8-13H2,1-2H3,(H,23,28)/t16-/m0/s1. The summed E-state index contributed by atoms with van der Waals surface area (Å²) < 4.78 is 34.9. The molecule has 3 heterocycles. The van der Waals surface area contributed by atoms with E-state index in [1.165, 1.54) is 4.31 Å². The molecule has 172 valence electrons.